The lowest BCUT2D eigenvalue weighted by atomic mass is 10.1. The van der Waals surface area contributed by atoms with Crippen LogP contribution in [0.25, 0.3) is 0 Å². The van der Waals surface area contributed by atoms with E-state index in [-0.39, 0.29) is 4.90 Å². The largest absolute Gasteiger partial charge is 0.387 e. The molecule has 1 aliphatic heterocycles. The first-order valence-corrected chi connectivity index (χ1v) is 9.25. The third kappa shape index (κ3) is 3.84. The molecule has 1 aromatic heterocycles. The molecule has 1 saturated heterocycles. The molecule has 1 aliphatic rings. The zero-order valence-electron chi connectivity index (χ0n) is 14.1. The molecular weight excluding hydrogens is 382 g/mol. The van der Waals surface area contributed by atoms with Crippen LogP contribution in [0.5, 0.6) is 0 Å². The smallest absolute Gasteiger partial charge is 0.344 e. The maximum atomic E-state index is 12.2. The zero-order valence-corrected chi connectivity index (χ0v) is 14.9. The monoisotopic (exact) mass is 399 g/mol. The Morgan fingerprint density at radius 1 is 1.30 bits per heavy atom. The maximum Gasteiger partial charge on any atom is 0.344 e. The van der Waals surface area contributed by atoms with Gasteiger partial charge in [0.2, 0.25) is 6.23 Å². The van der Waals surface area contributed by atoms with Gasteiger partial charge in [-0.15, -0.1) is 0 Å². The lowest BCUT2D eigenvalue weighted by Crippen LogP contribution is -2.34. The highest BCUT2D eigenvalue weighted by Crippen LogP contribution is 2.32. The lowest BCUT2D eigenvalue weighted by molar-refractivity contribution is -0.394. The van der Waals surface area contributed by atoms with Crippen LogP contribution in [-0.4, -0.2) is 58.0 Å². The van der Waals surface area contributed by atoms with Crippen molar-refractivity contribution in [2.45, 2.75) is 36.4 Å². The molecule has 0 bridgehead atoms. The van der Waals surface area contributed by atoms with Crippen molar-refractivity contribution in [2.75, 3.05) is 6.61 Å². The Bertz CT molecular complexity index is 927. The van der Waals surface area contributed by atoms with Crippen molar-refractivity contribution in [1.82, 2.24) is 9.55 Å². The minimum absolute atomic E-state index is 0.0667. The SMILES string of the molecule is Cc1ccc(S(=O)(=O)OCC2OC(n3cncc3[N+](=O)[O-])C(O)C2O)cc1. The maximum absolute atomic E-state index is 12.2. The number of nitrogens with zero attached hydrogens (tertiary/aromatic N) is 3. The summed E-state index contributed by atoms with van der Waals surface area (Å²) >= 11 is 0. The molecule has 4 atom stereocenters. The Kier molecular flexibility index (Phi) is 5.26. The summed E-state index contributed by atoms with van der Waals surface area (Å²) in [5, 5.41) is 31.2. The second-order valence-corrected chi connectivity index (χ2v) is 7.63. The second kappa shape index (κ2) is 7.32. The first kappa shape index (κ1) is 19.4. The quantitative estimate of drug-likeness (QED) is 0.392. The van der Waals surface area contributed by atoms with Crippen molar-refractivity contribution in [2.24, 2.45) is 0 Å². The van der Waals surface area contributed by atoms with Crippen molar-refractivity contribution in [3.05, 3.63) is 52.5 Å². The normalized spacial score (nSPS) is 25.6. The number of hydrogen-bond acceptors (Lipinski definition) is 9. The standard InChI is InChI=1S/C15H17N3O8S/c1-9-2-4-10(5-3-9)27(23,24)25-7-11-13(19)14(20)15(26-11)17-8-16-6-12(17)18(21)22/h2-6,8,11,13-15,19-20H,7H2,1H3. The van der Waals surface area contributed by atoms with Gasteiger partial charge in [0, 0.05) is 0 Å². The average Bonchev–Trinajstić information content (AvgIpc) is 3.20. The van der Waals surface area contributed by atoms with Gasteiger partial charge in [-0.3, -0.25) is 4.18 Å². The molecule has 2 aromatic rings. The van der Waals surface area contributed by atoms with Gasteiger partial charge in [-0.05, 0) is 24.0 Å². The second-order valence-electron chi connectivity index (χ2n) is 6.01. The molecule has 27 heavy (non-hydrogen) atoms. The molecule has 2 N–H and O–H groups in total. The average molecular weight is 399 g/mol. The van der Waals surface area contributed by atoms with E-state index in [0.717, 1.165) is 22.7 Å². The van der Waals surface area contributed by atoms with Crippen LogP contribution in [0.1, 0.15) is 11.8 Å². The molecule has 0 saturated carbocycles. The number of aryl methyl sites for hydroxylation is 1. The lowest BCUT2D eigenvalue weighted by Gasteiger charge is -2.14. The molecule has 0 amide bonds. The van der Waals surface area contributed by atoms with Crippen LogP contribution in [0.15, 0.2) is 41.7 Å². The molecule has 0 spiro atoms. The fourth-order valence-electron chi connectivity index (χ4n) is 2.66. The number of nitro groups is 1. The van der Waals surface area contributed by atoms with E-state index in [1.54, 1.807) is 19.1 Å². The van der Waals surface area contributed by atoms with E-state index in [2.05, 4.69) is 4.98 Å². The zero-order chi connectivity index (χ0) is 19.8. The number of ether oxygens (including phenoxy) is 1. The molecular formula is C15H17N3O8S. The summed E-state index contributed by atoms with van der Waals surface area (Å²) in [5.41, 5.74) is 0.872. The van der Waals surface area contributed by atoms with Gasteiger partial charge in [-0.1, -0.05) is 17.7 Å². The molecule has 1 aromatic carbocycles. The van der Waals surface area contributed by atoms with Crippen molar-refractivity contribution in [1.29, 1.82) is 0 Å². The highest BCUT2D eigenvalue weighted by atomic mass is 32.2. The Labute approximate surface area is 154 Å². The summed E-state index contributed by atoms with van der Waals surface area (Å²) in [6.45, 7) is 1.23. The number of aliphatic hydroxyl groups is 2. The Balaban J connectivity index is 1.72. The third-order valence-electron chi connectivity index (χ3n) is 4.14. The fourth-order valence-corrected chi connectivity index (χ4v) is 3.58. The molecule has 4 unspecified atom stereocenters. The number of hydrogen-bond donors (Lipinski definition) is 2. The third-order valence-corrected chi connectivity index (χ3v) is 5.44. The first-order valence-electron chi connectivity index (χ1n) is 7.84. The molecule has 146 valence electrons. The van der Waals surface area contributed by atoms with E-state index < -0.39 is 52.0 Å². The summed E-state index contributed by atoms with van der Waals surface area (Å²) in [4.78, 5) is 13.8. The molecule has 12 heteroatoms. The molecule has 2 heterocycles. The Morgan fingerprint density at radius 3 is 2.59 bits per heavy atom. The summed E-state index contributed by atoms with van der Waals surface area (Å²) in [7, 11) is -4.10. The van der Waals surface area contributed by atoms with Gasteiger partial charge in [0.15, 0.2) is 6.33 Å². The van der Waals surface area contributed by atoms with E-state index >= 15 is 0 Å². The number of aliphatic hydroxyl groups excluding tert-OH is 2. The van der Waals surface area contributed by atoms with Crippen LogP contribution in [0.2, 0.25) is 0 Å². The number of aromatic nitrogens is 2. The molecule has 3 rings (SSSR count). The van der Waals surface area contributed by atoms with E-state index in [9.17, 15) is 28.7 Å². The predicted molar refractivity (Wildman–Crippen MR) is 89.1 cm³/mol. The summed E-state index contributed by atoms with van der Waals surface area (Å²) < 4.78 is 35.7. The van der Waals surface area contributed by atoms with Gasteiger partial charge in [0.25, 0.3) is 10.1 Å². The van der Waals surface area contributed by atoms with Crippen molar-refractivity contribution in [3.8, 4) is 0 Å². The van der Waals surface area contributed by atoms with Crippen molar-refractivity contribution in [3.63, 3.8) is 0 Å². The minimum atomic E-state index is -4.10. The summed E-state index contributed by atoms with van der Waals surface area (Å²) in [6, 6.07) is 5.97. The van der Waals surface area contributed by atoms with Crippen LogP contribution in [0, 0.1) is 17.0 Å². The first-order chi connectivity index (χ1) is 12.7. The van der Waals surface area contributed by atoms with Crippen LogP contribution in [0.3, 0.4) is 0 Å². The molecule has 11 nitrogen and oxygen atoms in total. The topological polar surface area (TPSA) is 154 Å². The van der Waals surface area contributed by atoms with Gasteiger partial charge >= 0.3 is 5.82 Å². The highest BCUT2D eigenvalue weighted by molar-refractivity contribution is 7.86. The van der Waals surface area contributed by atoms with Gasteiger partial charge in [0.05, 0.1) is 11.5 Å². The summed E-state index contributed by atoms with van der Waals surface area (Å²) in [6.07, 6.45) is -3.52. The van der Waals surface area contributed by atoms with Crippen LogP contribution in [-0.2, 0) is 19.0 Å². The molecule has 1 fully saturated rings. The van der Waals surface area contributed by atoms with Gasteiger partial charge in [-0.2, -0.15) is 13.0 Å². The number of rotatable bonds is 6. The molecule has 0 radical (unpaired) electrons. The minimum Gasteiger partial charge on any atom is -0.387 e. The van der Waals surface area contributed by atoms with Gasteiger partial charge in [0.1, 0.15) is 24.5 Å². The molecule has 0 aliphatic carbocycles. The number of imidazole rings is 1. The van der Waals surface area contributed by atoms with Gasteiger partial charge < -0.3 is 25.1 Å². The van der Waals surface area contributed by atoms with Crippen LogP contribution < -0.4 is 0 Å². The van der Waals surface area contributed by atoms with E-state index in [0.29, 0.717) is 0 Å². The fraction of sp³-hybridized carbons (Fsp3) is 0.400. The summed E-state index contributed by atoms with van der Waals surface area (Å²) in [5.74, 6) is -0.444. The van der Waals surface area contributed by atoms with E-state index in [4.69, 9.17) is 8.92 Å². The van der Waals surface area contributed by atoms with Gasteiger partial charge in [-0.25, -0.2) is 4.98 Å². The predicted octanol–water partition coefficient (Wildman–Crippen LogP) is 0.124. The van der Waals surface area contributed by atoms with Crippen LogP contribution >= 0.6 is 0 Å². The highest BCUT2D eigenvalue weighted by Gasteiger charge is 2.48. The van der Waals surface area contributed by atoms with E-state index in [1.165, 1.54) is 12.1 Å². The van der Waals surface area contributed by atoms with Crippen molar-refractivity contribution >= 4 is 15.9 Å². The Hall–Kier alpha value is -2.38. The number of benzene rings is 1. The Morgan fingerprint density at radius 2 is 1.96 bits per heavy atom. The van der Waals surface area contributed by atoms with Crippen molar-refractivity contribution < 1.29 is 32.5 Å². The van der Waals surface area contributed by atoms with Crippen LogP contribution in [0.4, 0.5) is 5.82 Å². The van der Waals surface area contributed by atoms with E-state index in [1.807, 2.05) is 0 Å².